The summed E-state index contributed by atoms with van der Waals surface area (Å²) in [6, 6.07) is 24.7. The zero-order chi connectivity index (χ0) is 20.2. The van der Waals surface area contributed by atoms with Gasteiger partial charge in [-0.1, -0.05) is 42.0 Å². The zero-order valence-corrected chi connectivity index (χ0v) is 16.9. The van der Waals surface area contributed by atoms with E-state index in [1.165, 1.54) is 11.1 Å². The Morgan fingerprint density at radius 1 is 0.724 bits per heavy atom. The van der Waals surface area contributed by atoms with Crippen LogP contribution in [0.1, 0.15) is 11.1 Å². The van der Waals surface area contributed by atoms with Crippen LogP contribution in [0.2, 0.25) is 0 Å². The summed E-state index contributed by atoms with van der Waals surface area (Å²) in [6.07, 6.45) is 2.11. The van der Waals surface area contributed by atoms with Crippen LogP contribution in [0.5, 0.6) is 11.5 Å². The standard InChI is InChI=1S/C25H24N2O2/c1-18-4-6-19(7-5-18)16-27-17-24(20-8-12-22(28-2)13-9-20)25(26-27)21-10-14-23(29-3)15-11-21/h4-15,17H,16H2,1-3H3. The number of hydrogen-bond acceptors (Lipinski definition) is 3. The molecule has 0 aliphatic heterocycles. The van der Waals surface area contributed by atoms with Crippen LogP contribution in [-0.2, 0) is 6.54 Å². The molecule has 146 valence electrons. The summed E-state index contributed by atoms with van der Waals surface area (Å²) in [4.78, 5) is 0. The van der Waals surface area contributed by atoms with Gasteiger partial charge in [0.25, 0.3) is 0 Å². The molecule has 4 rings (SSSR count). The summed E-state index contributed by atoms with van der Waals surface area (Å²) in [7, 11) is 3.35. The van der Waals surface area contributed by atoms with Crippen molar-refractivity contribution >= 4 is 0 Å². The van der Waals surface area contributed by atoms with Gasteiger partial charge in [0.2, 0.25) is 0 Å². The third kappa shape index (κ3) is 4.16. The molecule has 0 N–H and O–H groups in total. The molecule has 4 heteroatoms. The summed E-state index contributed by atoms with van der Waals surface area (Å²) < 4.78 is 12.6. The van der Waals surface area contributed by atoms with Crippen molar-refractivity contribution in [3.05, 3.63) is 90.1 Å². The van der Waals surface area contributed by atoms with Crippen LogP contribution in [0.25, 0.3) is 22.4 Å². The van der Waals surface area contributed by atoms with Crippen molar-refractivity contribution in [2.24, 2.45) is 0 Å². The molecule has 0 fully saturated rings. The number of methoxy groups -OCH3 is 2. The van der Waals surface area contributed by atoms with E-state index in [4.69, 9.17) is 14.6 Å². The molecule has 0 spiro atoms. The Kier molecular flexibility index (Phi) is 5.34. The van der Waals surface area contributed by atoms with Crippen LogP contribution >= 0.6 is 0 Å². The molecule has 0 bridgehead atoms. The summed E-state index contributed by atoms with van der Waals surface area (Å²) in [6.45, 7) is 2.82. The van der Waals surface area contributed by atoms with Gasteiger partial charge in [-0.25, -0.2) is 0 Å². The van der Waals surface area contributed by atoms with Crippen LogP contribution in [0, 0.1) is 6.92 Å². The van der Waals surface area contributed by atoms with E-state index in [1.54, 1.807) is 14.2 Å². The maximum absolute atomic E-state index is 5.30. The molecule has 0 atom stereocenters. The fourth-order valence-corrected chi connectivity index (χ4v) is 3.33. The minimum atomic E-state index is 0.722. The van der Waals surface area contributed by atoms with Gasteiger partial charge in [-0.05, 0) is 54.4 Å². The molecule has 4 nitrogen and oxygen atoms in total. The fourth-order valence-electron chi connectivity index (χ4n) is 3.33. The summed E-state index contributed by atoms with van der Waals surface area (Å²) in [5.74, 6) is 1.67. The second kappa shape index (κ2) is 8.23. The Morgan fingerprint density at radius 2 is 1.28 bits per heavy atom. The van der Waals surface area contributed by atoms with Gasteiger partial charge in [-0.3, -0.25) is 4.68 Å². The first-order chi connectivity index (χ1) is 14.2. The van der Waals surface area contributed by atoms with Crippen LogP contribution in [0.15, 0.2) is 79.0 Å². The first-order valence-electron chi connectivity index (χ1n) is 9.58. The maximum atomic E-state index is 5.30. The molecule has 1 heterocycles. The highest BCUT2D eigenvalue weighted by molar-refractivity contribution is 5.80. The number of rotatable bonds is 6. The average Bonchev–Trinajstić information content (AvgIpc) is 3.19. The topological polar surface area (TPSA) is 36.3 Å². The minimum absolute atomic E-state index is 0.722. The molecule has 0 aliphatic rings. The monoisotopic (exact) mass is 384 g/mol. The second-order valence-electron chi connectivity index (χ2n) is 7.03. The average molecular weight is 384 g/mol. The predicted molar refractivity (Wildman–Crippen MR) is 116 cm³/mol. The Hall–Kier alpha value is -3.53. The second-order valence-corrected chi connectivity index (χ2v) is 7.03. The highest BCUT2D eigenvalue weighted by atomic mass is 16.5. The number of aryl methyl sites for hydroxylation is 1. The molecule has 0 saturated heterocycles. The van der Waals surface area contributed by atoms with Crippen molar-refractivity contribution in [2.45, 2.75) is 13.5 Å². The molecular weight excluding hydrogens is 360 g/mol. The minimum Gasteiger partial charge on any atom is -0.497 e. The van der Waals surface area contributed by atoms with Gasteiger partial charge < -0.3 is 9.47 Å². The summed E-state index contributed by atoms with van der Waals surface area (Å²) in [5.41, 5.74) is 6.67. The van der Waals surface area contributed by atoms with Crippen molar-refractivity contribution in [3.8, 4) is 33.9 Å². The first kappa shape index (κ1) is 18.8. The fraction of sp³-hybridized carbons (Fsp3) is 0.160. The van der Waals surface area contributed by atoms with Gasteiger partial charge >= 0.3 is 0 Å². The third-order valence-corrected chi connectivity index (χ3v) is 4.99. The number of benzene rings is 3. The predicted octanol–water partition coefficient (Wildman–Crippen LogP) is 5.59. The van der Waals surface area contributed by atoms with E-state index in [2.05, 4.69) is 49.5 Å². The molecular formula is C25H24N2O2. The van der Waals surface area contributed by atoms with Gasteiger partial charge in [0.1, 0.15) is 17.2 Å². The SMILES string of the molecule is COc1ccc(-c2cn(Cc3ccc(C)cc3)nc2-c2ccc(OC)cc2)cc1. The Bertz CT molecular complexity index is 1010. The van der Waals surface area contributed by atoms with Gasteiger partial charge in [0, 0.05) is 17.3 Å². The van der Waals surface area contributed by atoms with Gasteiger partial charge in [0.15, 0.2) is 0 Å². The molecule has 3 aromatic carbocycles. The van der Waals surface area contributed by atoms with Crippen LogP contribution < -0.4 is 9.47 Å². The van der Waals surface area contributed by atoms with E-state index in [0.29, 0.717) is 0 Å². The lowest BCUT2D eigenvalue weighted by molar-refractivity contribution is 0.414. The van der Waals surface area contributed by atoms with Crippen molar-refractivity contribution < 1.29 is 9.47 Å². The molecule has 4 aromatic rings. The van der Waals surface area contributed by atoms with E-state index in [0.717, 1.165) is 40.4 Å². The molecule has 0 aliphatic carbocycles. The van der Waals surface area contributed by atoms with Crippen molar-refractivity contribution in [1.29, 1.82) is 0 Å². The van der Waals surface area contributed by atoms with Crippen molar-refractivity contribution in [1.82, 2.24) is 9.78 Å². The molecule has 29 heavy (non-hydrogen) atoms. The van der Waals surface area contributed by atoms with E-state index < -0.39 is 0 Å². The van der Waals surface area contributed by atoms with E-state index >= 15 is 0 Å². The molecule has 0 amide bonds. The van der Waals surface area contributed by atoms with E-state index in [9.17, 15) is 0 Å². The number of nitrogens with zero attached hydrogens (tertiary/aromatic N) is 2. The molecule has 1 aromatic heterocycles. The molecule has 0 saturated carbocycles. The largest absolute Gasteiger partial charge is 0.497 e. The lowest BCUT2D eigenvalue weighted by Gasteiger charge is -2.05. The first-order valence-corrected chi connectivity index (χ1v) is 9.58. The van der Waals surface area contributed by atoms with Crippen LogP contribution in [-0.4, -0.2) is 24.0 Å². The zero-order valence-electron chi connectivity index (χ0n) is 16.9. The summed E-state index contributed by atoms with van der Waals surface area (Å²) >= 11 is 0. The van der Waals surface area contributed by atoms with Crippen molar-refractivity contribution in [2.75, 3.05) is 14.2 Å². The molecule has 0 unspecified atom stereocenters. The highest BCUT2D eigenvalue weighted by Crippen LogP contribution is 2.33. The Balaban J connectivity index is 1.75. The Labute approximate surface area is 171 Å². The Morgan fingerprint density at radius 3 is 1.83 bits per heavy atom. The maximum Gasteiger partial charge on any atom is 0.118 e. The number of aromatic nitrogens is 2. The van der Waals surface area contributed by atoms with Crippen LogP contribution in [0.4, 0.5) is 0 Å². The lowest BCUT2D eigenvalue weighted by Crippen LogP contribution is -2.00. The van der Waals surface area contributed by atoms with Crippen LogP contribution in [0.3, 0.4) is 0 Å². The lowest BCUT2D eigenvalue weighted by atomic mass is 10.0. The quantitative estimate of drug-likeness (QED) is 0.435. The van der Waals surface area contributed by atoms with E-state index in [1.807, 2.05) is 41.1 Å². The van der Waals surface area contributed by atoms with Crippen molar-refractivity contribution in [3.63, 3.8) is 0 Å². The van der Waals surface area contributed by atoms with Gasteiger partial charge in [0.05, 0.1) is 20.8 Å². The van der Waals surface area contributed by atoms with Gasteiger partial charge in [-0.15, -0.1) is 0 Å². The smallest absolute Gasteiger partial charge is 0.118 e. The normalized spacial score (nSPS) is 10.7. The summed E-state index contributed by atoms with van der Waals surface area (Å²) in [5, 5.41) is 4.92. The third-order valence-electron chi connectivity index (χ3n) is 4.99. The van der Waals surface area contributed by atoms with E-state index in [-0.39, 0.29) is 0 Å². The highest BCUT2D eigenvalue weighted by Gasteiger charge is 2.14. The number of ether oxygens (including phenoxy) is 2. The number of hydrogen-bond donors (Lipinski definition) is 0. The van der Waals surface area contributed by atoms with Gasteiger partial charge in [-0.2, -0.15) is 5.10 Å². The molecule has 0 radical (unpaired) electrons.